The fourth-order valence-electron chi connectivity index (χ4n) is 1.16. The molecule has 7 heteroatoms. The Labute approximate surface area is 93.1 Å². The third-order valence-corrected chi connectivity index (χ3v) is 2.11. The van der Waals surface area contributed by atoms with E-state index in [4.69, 9.17) is 15.9 Å². The molecule has 0 amide bonds. The van der Waals surface area contributed by atoms with Gasteiger partial charge in [-0.2, -0.15) is 0 Å². The molecule has 0 aliphatic carbocycles. The van der Waals surface area contributed by atoms with Gasteiger partial charge in [-0.15, -0.1) is 0 Å². The summed E-state index contributed by atoms with van der Waals surface area (Å²) >= 11 is 0. The summed E-state index contributed by atoms with van der Waals surface area (Å²) in [7, 11) is 0. The summed E-state index contributed by atoms with van der Waals surface area (Å²) in [6.07, 6.45) is -6.86. The zero-order chi connectivity index (χ0) is 12.9. The Balaban J connectivity index is 4.37. The smallest absolute Gasteiger partial charge is 0.195 e. The average Bonchev–Trinajstić information content (AvgIpc) is 2.23. The van der Waals surface area contributed by atoms with Crippen molar-refractivity contribution in [2.75, 3.05) is 6.61 Å². The fourth-order valence-corrected chi connectivity index (χ4v) is 1.16. The average molecular weight is 237 g/mol. The molecular formula is C9H19NO6. The molecule has 5 atom stereocenters. The molecule has 16 heavy (non-hydrogen) atoms. The van der Waals surface area contributed by atoms with Crippen LogP contribution in [0.25, 0.3) is 0 Å². The van der Waals surface area contributed by atoms with Crippen LogP contribution >= 0.6 is 0 Å². The molecule has 0 radical (unpaired) electrons. The summed E-state index contributed by atoms with van der Waals surface area (Å²) in [6, 6.07) is -0.419. The van der Waals surface area contributed by atoms with E-state index in [0.717, 1.165) is 0 Å². The number of aliphatic hydroxyl groups is 5. The van der Waals surface area contributed by atoms with Gasteiger partial charge in [0.1, 0.15) is 18.3 Å². The molecule has 2 unspecified atom stereocenters. The van der Waals surface area contributed by atoms with Gasteiger partial charge < -0.3 is 31.3 Å². The lowest BCUT2D eigenvalue weighted by molar-refractivity contribution is -0.149. The molecule has 7 nitrogen and oxygen atoms in total. The van der Waals surface area contributed by atoms with Gasteiger partial charge in [0.2, 0.25) is 0 Å². The molecule has 0 aromatic rings. The minimum atomic E-state index is -1.93. The van der Waals surface area contributed by atoms with Crippen LogP contribution in [0.1, 0.15) is 13.3 Å². The maximum Gasteiger partial charge on any atom is 0.195 e. The van der Waals surface area contributed by atoms with E-state index < -0.39 is 42.8 Å². The first kappa shape index (κ1) is 15.4. The zero-order valence-electron chi connectivity index (χ0n) is 9.02. The molecule has 0 saturated carbocycles. The van der Waals surface area contributed by atoms with Gasteiger partial charge in [-0.25, -0.2) is 0 Å². The Morgan fingerprint density at radius 1 is 1.12 bits per heavy atom. The number of Topliss-reactive ketones (excluding diaryl/α,β-unsaturated/α-hetero) is 1. The van der Waals surface area contributed by atoms with Crippen LogP contribution in [0.15, 0.2) is 0 Å². The lowest BCUT2D eigenvalue weighted by Gasteiger charge is -2.22. The highest BCUT2D eigenvalue weighted by Crippen LogP contribution is 2.07. The van der Waals surface area contributed by atoms with Gasteiger partial charge in [0.15, 0.2) is 5.78 Å². The Kier molecular flexibility index (Phi) is 6.65. The van der Waals surface area contributed by atoms with Gasteiger partial charge in [0.25, 0.3) is 0 Å². The Morgan fingerprint density at radius 2 is 1.56 bits per heavy atom. The molecule has 0 aromatic heterocycles. The SMILES string of the molecule is CC(N)CC(O)[C@H](O)C(=O)[C@H](O)[C@H](O)CO. The highest BCUT2D eigenvalue weighted by atomic mass is 16.4. The van der Waals surface area contributed by atoms with E-state index in [-0.39, 0.29) is 6.42 Å². The van der Waals surface area contributed by atoms with Crippen LogP contribution in [0.4, 0.5) is 0 Å². The number of rotatable bonds is 7. The molecule has 0 fully saturated rings. The number of aliphatic hydroxyl groups excluding tert-OH is 5. The van der Waals surface area contributed by atoms with Gasteiger partial charge in [-0.3, -0.25) is 4.79 Å². The fraction of sp³-hybridized carbons (Fsp3) is 0.889. The van der Waals surface area contributed by atoms with Gasteiger partial charge >= 0.3 is 0 Å². The highest BCUT2D eigenvalue weighted by Gasteiger charge is 2.33. The van der Waals surface area contributed by atoms with E-state index >= 15 is 0 Å². The molecule has 0 heterocycles. The van der Waals surface area contributed by atoms with E-state index in [9.17, 15) is 20.1 Å². The molecule has 0 rings (SSSR count). The maximum atomic E-state index is 11.3. The molecule has 0 saturated heterocycles. The number of carbonyl (C=O) groups excluding carboxylic acids is 1. The van der Waals surface area contributed by atoms with Crippen LogP contribution in [0.2, 0.25) is 0 Å². The normalized spacial score (nSPS) is 20.9. The number of ketones is 1. The van der Waals surface area contributed by atoms with Gasteiger partial charge in [0, 0.05) is 6.04 Å². The summed E-state index contributed by atoms with van der Waals surface area (Å²) in [4.78, 5) is 11.3. The van der Waals surface area contributed by atoms with E-state index in [1.54, 1.807) is 6.92 Å². The van der Waals surface area contributed by atoms with Crippen LogP contribution < -0.4 is 5.73 Å². The molecule has 0 bridgehead atoms. The molecular weight excluding hydrogens is 218 g/mol. The Morgan fingerprint density at radius 3 is 1.94 bits per heavy atom. The van der Waals surface area contributed by atoms with Crippen molar-refractivity contribution < 1.29 is 30.3 Å². The molecule has 0 spiro atoms. The number of hydrogen-bond acceptors (Lipinski definition) is 7. The van der Waals surface area contributed by atoms with Crippen molar-refractivity contribution in [2.24, 2.45) is 5.73 Å². The second-order valence-electron chi connectivity index (χ2n) is 3.82. The van der Waals surface area contributed by atoms with E-state index in [1.807, 2.05) is 0 Å². The standard InChI is InChI=1S/C9H19NO6/c1-4(10)2-5(12)7(14)9(16)8(15)6(13)3-11/h4-8,11-15H,2-3,10H2,1H3/t4?,5?,6-,7+,8-/m1/s1. The molecule has 96 valence electrons. The first-order valence-electron chi connectivity index (χ1n) is 4.93. The van der Waals surface area contributed by atoms with Crippen LogP contribution in [0.3, 0.4) is 0 Å². The first-order valence-corrected chi connectivity index (χ1v) is 4.93. The van der Waals surface area contributed by atoms with Gasteiger partial charge in [0.05, 0.1) is 12.7 Å². The number of nitrogens with two attached hydrogens (primary N) is 1. The predicted octanol–water partition coefficient (Wildman–Crippen LogP) is -3.27. The Hall–Kier alpha value is -0.570. The molecule has 0 aliphatic rings. The minimum absolute atomic E-state index is 0.0190. The molecule has 7 N–H and O–H groups in total. The largest absolute Gasteiger partial charge is 0.394 e. The second kappa shape index (κ2) is 6.89. The van der Waals surface area contributed by atoms with E-state index in [0.29, 0.717) is 0 Å². The topological polar surface area (TPSA) is 144 Å². The van der Waals surface area contributed by atoms with Gasteiger partial charge in [-0.1, -0.05) is 0 Å². The lowest BCUT2D eigenvalue weighted by Crippen LogP contribution is -2.47. The third kappa shape index (κ3) is 4.52. The first-order chi connectivity index (χ1) is 7.31. The summed E-state index contributed by atoms with van der Waals surface area (Å²) in [5, 5.41) is 45.3. The van der Waals surface area contributed by atoms with Crippen LogP contribution in [0, 0.1) is 0 Å². The summed E-state index contributed by atoms with van der Waals surface area (Å²) < 4.78 is 0. The second-order valence-corrected chi connectivity index (χ2v) is 3.82. The number of carbonyl (C=O) groups is 1. The predicted molar refractivity (Wildman–Crippen MR) is 54.4 cm³/mol. The van der Waals surface area contributed by atoms with E-state index in [2.05, 4.69) is 0 Å². The number of hydrogen-bond donors (Lipinski definition) is 6. The van der Waals surface area contributed by atoms with Crippen molar-refractivity contribution in [1.82, 2.24) is 0 Å². The van der Waals surface area contributed by atoms with Crippen LogP contribution in [-0.4, -0.2) is 68.4 Å². The van der Waals surface area contributed by atoms with Crippen molar-refractivity contribution >= 4 is 5.78 Å². The van der Waals surface area contributed by atoms with Crippen LogP contribution in [0.5, 0.6) is 0 Å². The van der Waals surface area contributed by atoms with Crippen molar-refractivity contribution in [3.8, 4) is 0 Å². The quantitative estimate of drug-likeness (QED) is 0.272. The van der Waals surface area contributed by atoms with E-state index in [1.165, 1.54) is 0 Å². The summed E-state index contributed by atoms with van der Waals surface area (Å²) in [5.41, 5.74) is 5.36. The minimum Gasteiger partial charge on any atom is -0.394 e. The van der Waals surface area contributed by atoms with Crippen molar-refractivity contribution in [1.29, 1.82) is 0 Å². The molecule has 0 aromatic carbocycles. The van der Waals surface area contributed by atoms with Crippen molar-refractivity contribution in [2.45, 2.75) is 43.8 Å². The highest BCUT2D eigenvalue weighted by molar-refractivity contribution is 5.88. The van der Waals surface area contributed by atoms with Crippen molar-refractivity contribution in [3.05, 3.63) is 0 Å². The summed E-state index contributed by atoms with van der Waals surface area (Å²) in [5.74, 6) is -1.14. The van der Waals surface area contributed by atoms with Gasteiger partial charge in [-0.05, 0) is 13.3 Å². The van der Waals surface area contributed by atoms with Crippen molar-refractivity contribution in [3.63, 3.8) is 0 Å². The maximum absolute atomic E-state index is 11.3. The zero-order valence-corrected chi connectivity index (χ0v) is 9.02. The Bertz CT molecular complexity index is 222. The lowest BCUT2D eigenvalue weighted by atomic mass is 9.98. The molecule has 0 aliphatic heterocycles. The summed E-state index contributed by atoms with van der Waals surface area (Å²) in [6.45, 7) is 0.766. The monoisotopic (exact) mass is 237 g/mol. The van der Waals surface area contributed by atoms with Crippen LogP contribution in [-0.2, 0) is 4.79 Å². The third-order valence-electron chi connectivity index (χ3n) is 2.11.